The Bertz CT molecular complexity index is 653. The highest BCUT2D eigenvalue weighted by molar-refractivity contribution is 5.86. The zero-order chi connectivity index (χ0) is 16.5. The lowest BCUT2D eigenvalue weighted by molar-refractivity contribution is 0.676. The van der Waals surface area contributed by atoms with Crippen molar-refractivity contribution in [3.05, 3.63) is 77.4 Å². The van der Waals surface area contributed by atoms with Gasteiger partial charge in [-0.2, -0.15) is 0 Å². The highest BCUT2D eigenvalue weighted by atomic mass is 14.7. The fourth-order valence-electron chi connectivity index (χ4n) is 2.57. The Labute approximate surface area is 140 Å². The number of rotatable bonds is 8. The molecule has 0 saturated heterocycles. The van der Waals surface area contributed by atoms with Gasteiger partial charge in [0.2, 0.25) is 0 Å². The number of hydrogen-bond donors (Lipinski definition) is 0. The summed E-state index contributed by atoms with van der Waals surface area (Å²) in [6, 6.07) is 16.8. The van der Waals surface area contributed by atoms with E-state index in [4.69, 9.17) is 0 Å². The molecule has 0 atom stereocenters. The number of nitrogens with zero attached hydrogens (tertiary/aromatic N) is 1. The summed E-state index contributed by atoms with van der Waals surface area (Å²) in [4.78, 5) is 4.59. The van der Waals surface area contributed by atoms with Crippen molar-refractivity contribution in [1.82, 2.24) is 0 Å². The maximum atomic E-state index is 4.59. The van der Waals surface area contributed by atoms with Gasteiger partial charge in [0.25, 0.3) is 0 Å². The van der Waals surface area contributed by atoms with Crippen LogP contribution in [0.4, 0.5) is 0 Å². The molecule has 0 spiro atoms. The highest BCUT2D eigenvalue weighted by Crippen LogP contribution is 2.23. The Morgan fingerprint density at radius 1 is 1.00 bits per heavy atom. The van der Waals surface area contributed by atoms with Crippen LogP contribution in [0.2, 0.25) is 0 Å². The van der Waals surface area contributed by atoms with Gasteiger partial charge < -0.3 is 0 Å². The first kappa shape index (κ1) is 17.2. The number of aliphatic imine (C=N–C) groups is 1. The van der Waals surface area contributed by atoms with E-state index in [9.17, 15) is 0 Å². The van der Waals surface area contributed by atoms with Crippen LogP contribution in [0.15, 0.2) is 60.1 Å². The SMILES string of the molecule is C=C(c1ccccc1)c1ccc(C)c(C=NCCCCCC)c1. The minimum absolute atomic E-state index is 0.920. The van der Waals surface area contributed by atoms with Gasteiger partial charge in [-0.05, 0) is 47.2 Å². The van der Waals surface area contributed by atoms with Gasteiger partial charge in [0.15, 0.2) is 0 Å². The second kappa shape index (κ2) is 9.09. The Balaban J connectivity index is 2.07. The molecule has 0 bridgehead atoms. The molecule has 0 saturated carbocycles. The highest BCUT2D eigenvalue weighted by Gasteiger charge is 2.04. The quantitative estimate of drug-likeness (QED) is 0.415. The molecule has 0 aliphatic rings. The molecule has 0 aliphatic heterocycles. The Hall–Kier alpha value is -2.15. The van der Waals surface area contributed by atoms with Crippen LogP contribution in [-0.4, -0.2) is 12.8 Å². The number of unbranched alkanes of at least 4 members (excludes halogenated alkanes) is 3. The van der Waals surface area contributed by atoms with Crippen molar-refractivity contribution < 1.29 is 0 Å². The van der Waals surface area contributed by atoms with E-state index < -0.39 is 0 Å². The summed E-state index contributed by atoms with van der Waals surface area (Å²) in [5.74, 6) is 0. The maximum Gasteiger partial charge on any atom is 0.0389 e. The average Bonchev–Trinajstić information content (AvgIpc) is 2.59. The van der Waals surface area contributed by atoms with E-state index in [0.29, 0.717) is 0 Å². The van der Waals surface area contributed by atoms with E-state index in [-0.39, 0.29) is 0 Å². The molecule has 120 valence electrons. The molecule has 1 nitrogen and oxygen atoms in total. The second-order valence-electron chi connectivity index (χ2n) is 6.01. The van der Waals surface area contributed by atoms with Gasteiger partial charge in [0.1, 0.15) is 0 Å². The van der Waals surface area contributed by atoms with E-state index in [1.54, 1.807) is 0 Å². The average molecular weight is 305 g/mol. The molecular weight excluding hydrogens is 278 g/mol. The van der Waals surface area contributed by atoms with Gasteiger partial charge >= 0.3 is 0 Å². The fourth-order valence-corrected chi connectivity index (χ4v) is 2.57. The summed E-state index contributed by atoms with van der Waals surface area (Å²) in [7, 11) is 0. The molecule has 0 amide bonds. The van der Waals surface area contributed by atoms with Gasteiger partial charge in [-0.1, -0.05) is 75.2 Å². The molecule has 0 aliphatic carbocycles. The van der Waals surface area contributed by atoms with E-state index in [1.165, 1.54) is 42.4 Å². The van der Waals surface area contributed by atoms with Crippen molar-refractivity contribution in [3.63, 3.8) is 0 Å². The van der Waals surface area contributed by atoms with Gasteiger partial charge in [0, 0.05) is 12.8 Å². The summed E-state index contributed by atoms with van der Waals surface area (Å²) in [6.45, 7) is 9.54. The van der Waals surface area contributed by atoms with Crippen LogP contribution in [0.1, 0.15) is 54.9 Å². The van der Waals surface area contributed by atoms with E-state index in [2.05, 4.69) is 55.8 Å². The third kappa shape index (κ3) is 5.21. The van der Waals surface area contributed by atoms with Crippen molar-refractivity contribution in [1.29, 1.82) is 0 Å². The van der Waals surface area contributed by atoms with Crippen LogP contribution in [0.25, 0.3) is 5.57 Å². The van der Waals surface area contributed by atoms with Crippen LogP contribution >= 0.6 is 0 Å². The molecule has 23 heavy (non-hydrogen) atoms. The van der Waals surface area contributed by atoms with Crippen molar-refractivity contribution in [2.45, 2.75) is 39.5 Å². The van der Waals surface area contributed by atoms with Crippen LogP contribution in [0.3, 0.4) is 0 Å². The summed E-state index contributed by atoms with van der Waals surface area (Å²) >= 11 is 0. The van der Waals surface area contributed by atoms with Crippen molar-refractivity contribution in [3.8, 4) is 0 Å². The largest absolute Gasteiger partial charge is 0.293 e. The summed E-state index contributed by atoms with van der Waals surface area (Å²) in [6.07, 6.45) is 7.05. The third-order valence-corrected chi connectivity index (χ3v) is 4.12. The molecule has 0 aromatic heterocycles. The molecule has 1 heteroatoms. The first-order valence-corrected chi connectivity index (χ1v) is 8.57. The van der Waals surface area contributed by atoms with Crippen molar-refractivity contribution in [2.24, 2.45) is 4.99 Å². The minimum atomic E-state index is 0.920. The Morgan fingerprint density at radius 2 is 1.78 bits per heavy atom. The van der Waals surface area contributed by atoms with Crippen molar-refractivity contribution >= 4 is 11.8 Å². The lowest BCUT2D eigenvalue weighted by Gasteiger charge is -2.09. The maximum absolute atomic E-state index is 4.59. The van der Waals surface area contributed by atoms with E-state index >= 15 is 0 Å². The molecule has 0 N–H and O–H groups in total. The first-order chi connectivity index (χ1) is 11.2. The second-order valence-corrected chi connectivity index (χ2v) is 6.01. The van der Waals surface area contributed by atoms with Gasteiger partial charge in [0.05, 0.1) is 0 Å². The Morgan fingerprint density at radius 3 is 2.52 bits per heavy atom. The van der Waals surface area contributed by atoms with Crippen LogP contribution in [0.5, 0.6) is 0 Å². The van der Waals surface area contributed by atoms with E-state index in [0.717, 1.165) is 17.7 Å². The van der Waals surface area contributed by atoms with Crippen LogP contribution in [-0.2, 0) is 0 Å². The zero-order valence-corrected chi connectivity index (χ0v) is 14.4. The minimum Gasteiger partial charge on any atom is -0.293 e. The predicted molar refractivity (Wildman–Crippen MR) is 102 cm³/mol. The molecule has 0 unspecified atom stereocenters. The predicted octanol–water partition coefficient (Wildman–Crippen LogP) is 6.06. The van der Waals surface area contributed by atoms with E-state index in [1.807, 2.05) is 24.4 Å². The number of aryl methyl sites for hydroxylation is 1. The van der Waals surface area contributed by atoms with Gasteiger partial charge in [-0.15, -0.1) is 0 Å². The number of benzene rings is 2. The summed E-state index contributed by atoms with van der Waals surface area (Å²) < 4.78 is 0. The fraction of sp³-hybridized carbons (Fsp3) is 0.318. The molecule has 0 radical (unpaired) electrons. The summed E-state index contributed by atoms with van der Waals surface area (Å²) in [5, 5.41) is 0. The molecule has 0 heterocycles. The standard InChI is InChI=1S/C22H27N/c1-4-5-6-10-15-23-17-22-16-21(14-13-18(22)2)19(3)20-11-8-7-9-12-20/h7-9,11-14,16-17H,3-6,10,15H2,1-2H3. The molecule has 2 rings (SSSR count). The van der Waals surface area contributed by atoms with Crippen LogP contribution < -0.4 is 0 Å². The molecular formula is C22H27N. The van der Waals surface area contributed by atoms with Gasteiger partial charge in [-0.25, -0.2) is 0 Å². The normalized spacial score (nSPS) is 11.0. The monoisotopic (exact) mass is 305 g/mol. The molecule has 2 aromatic carbocycles. The topological polar surface area (TPSA) is 12.4 Å². The third-order valence-electron chi connectivity index (χ3n) is 4.12. The van der Waals surface area contributed by atoms with Crippen molar-refractivity contribution in [2.75, 3.05) is 6.54 Å². The van der Waals surface area contributed by atoms with Crippen LogP contribution in [0, 0.1) is 6.92 Å². The Kier molecular flexibility index (Phi) is 6.80. The van der Waals surface area contributed by atoms with Gasteiger partial charge in [-0.3, -0.25) is 4.99 Å². The summed E-state index contributed by atoms with van der Waals surface area (Å²) in [5.41, 5.74) is 5.83. The smallest absolute Gasteiger partial charge is 0.0389 e. The zero-order valence-electron chi connectivity index (χ0n) is 14.4. The lowest BCUT2D eigenvalue weighted by Crippen LogP contribution is -1.93. The lowest BCUT2D eigenvalue weighted by atomic mass is 9.96. The molecule has 2 aromatic rings. The first-order valence-electron chi connectivity index (χ1n) is 8.57. The number of hydrogen-bond acceptors (Lipinski definition) is 1. The molecule has 0 fully saturated rings.